The van der Waals surface area contributed by atoms with Crippen molar-refractivity contribution < 1.29 is 14.6 Å². The van der Waals surface area contributed by atoms with Gasteiger partial charge in [0.1, 0.15) is 5.60 Å². The zero-order valence-corrected chi connectivity index (χ0v) is 10.8. The average molecular weight is 239 g/mol. The topological polar surface area (TPSA) is 62.5 Å². The Labute approximate surface area is 103 Å². The van der Waals surface area contributed by atoms with Crippen LogP contribution >= 0.6 is 0 Å². The van der Waals surface area contributed by atoms with Crippen LogP contribution in [0.5, 0.6) is 0 Å². The van der Waals surface area contributed by atoms with Crippen molar-refractivity contribution in [3.63, 3.8) is 0 Å². The summed E-state index contributed by atoms with van der Waals surface area (Å²) < 4.78 is 10.4. The van der Waals surface area contributed by atoms with Crippen LogP contribution in [0.2, 0.25) is 0 Å². The van der Waals surface area contributed by atoms with Gasteiger partial charge < -0.3 is 14.6 Å². The van der Waals surface area contributed by atoms with Crippen molar-refractivity contribution in [1.82, 2.24) is 0 Å². The molecule has 0 aromatic heterocycles. The smallest absolute Gasteiger partial charge is 0.186 e. The normalized spacial score (nSPS) is 39.3. The predicted molar refractivity (Wildman–Crippen MR) is 61.9 cm³/mol. The third-order valence-electron chi connectivity index (χ3n) is 4.84. The number of ether oxygens (including phenoxy) is 2. The van der Waals surface area contributed by atoms with Crippen LogP contribution in [0.1, 0.15) is 32.6 Å². The minimum Gasteiger partial charge on any atom is -0.383 e. The molecule has 0 radical (unpaired) electrons. The summed E-state index contributed by atoms with van der Waals surface area (Å²) in [4.78, 5) is 0. The zero-order chi connectivity index (χ0) is 12.7. The molecule has 4 unspecified atom stereocenters. The van der Waals surface area contributed by atoms with Gasteiger partial charge in [-0.1, -0.05) is 6.42 Å². The monoisotopic (exact) mass is 239 g/mol. The molecular weight excluding hydrogens is 218 g/mol. The lowest BCUT2D eigenvalue weighted by molar-refractivity contribution is -0.248. The van der Waals surface area contributed by atoms with Gasteiger partial charge in [-0.2, -0.15) is 5.26 Å². The molecule has 0 amide bonds. The molecule has 17 heavy (non-hydrogen) atoms. The number of aliphatic hydroxyl groups is 1. The highest BCUT2D eigenvalue weighted by Crippen LogP contribution is 2.61. The van der Waals surface area contributed by atoms with E-state index in [-0.39, 0.29) is 5.92 Å². The average Bonchev–Trinajstić information content (AvgIpc) is 2.90. The fraction of sp³-hybridized carbons (Fsp3) is 0.923. The van der Waals surface area contributed by atoms with Gasteiger partial charge in [-0.25, -0.2) is 0 Å². The number of methoxy groups -OCH3 is 2. The van der Waals surface area contributed by atoms with E-state index in [2.05, 4.69) is 6.07 Å². The molecule has 4 atom stereocenters. The van der Waals surface area contributed by atoms with E-state index < -0.39 is 17.3 Å². The van der Waals surface area contributed by atoms with Gasteiger partial charge in [0.2, 0.25) is 0 Å². The second-order valence-corrected chi connectivity index (χ2v) is 5.61. The first-order chi connectivity index (χ1) is 8.01. The molecule has 96 valence electrons. The highest BCUT2D eigenvalue weighted by atomic mass is 16.7. The molecule has 4 heteroatoms. The summed E-state index contributed by atoms with van der Waals surface area (Å²) in [5, 5.41) is 20.4. The quantitative estimate of drug-likeness (QED) is 0.758. The van der Waals surface area contributed by atoms with Gasteiger partial charge >= 0.3 is 0 Å². The molecule has 0 aliphatic heterocycles. The van der Waals surface area contributed by atoms with Crippen molar-refractivity contribution in [1.29, 1.82) is 5.26 Å². The number of fused-ring (bicyclic) bond motifs is 2. The van der Waals surface area contributed by atoms with Gasteiger partial charge in [0.25, 0.3) is 0 Å². The summed E-state index contributed by atoms with van der Waals surface area (Å²) in [7, 11) is 3.00. The Morgan fingerprint density at radius 2 is 2.06 bits per heavy atom. The van der Waals surface area contributed by atoms with E-state index in [1.54, 1.807) is 6.92 Å². The molecule has 2 rings (SSSR count). The second kappa shape index (κ2) is 4.24. The fourth-order valence-corrected chi connectivity index (χ4v) is 3.97. The number of hydrogen-bond donors (Lipinski definition) is 1. The first-order valence-electron chi connectivity index (χ1n) is 6.21. The van der Waals surface area contributed by atoms with Crippen LogP contribution < -0.4 is 0 Å². The Hall–Kier alpha value is -0.630. The Kier molecular flexibility index (Phi) is 3.19. The number of rotatable bonds is 4. The first-order valence-corrected chi connectivity index (χ1v) is 6.21. The van der Waals surface area contributed by atoms with Gasteiger partial charge in [-0.3, -0.25) is 0 Å². The van der Waals surface area contributed by atoms with Crippen molar-refractivity contribution in [2.75, 3.05) is 14.2 Å². The maximum absolute atomic E-state index is 10.8. The minimum atomic E-state index is -1.26. The van der Waals surface area contributed by atoms with Crippen LogP contribution in [-0.4, -0.2) is 31.2 Å². The standard InChI is InChI=1S/C13H21NO3/c1-12(15,11(16-2)17-3)13(8-14)7-9-4-5-10(13)6-9/h9-11,15H,4-7H2,1-3H3. The van der Waals surface area contributed by atoms with Crippen molar-refractivity contribution in [3.8, 4) is 6.07 Å². The molecule has 2 bridgehead atoms. The summed E-state index contributed by atoms with van der Waals surface area (Å²) in [6.45, 7) is 1.68. The molecule has 2 aliphatic carbocycles. The first kappa shape index (κ1) is 12.8. The number of hydrogen-bond acceptors (Lipinski definition) is 4. The molecule has 0 aromatic carbocycles. The molecule has 2 saturated carbocycles. The number of nitrogens with zero attached hydrogens (tertiary/aromatic N) is 1. The number of nitriles is 1. The SMILES string of the molecule is COC(OC)C(C)(O)C1(C#N)CC2CCC1C2. The highest BCUT2D eigenvalue weighted by molar-refractivity contribution is 5.20. The van der Waals surface area contributed by atoms with E-state index in [1.165, 1.54) is 20.6 Å². The van der Waals surface area contributed by atoms with Crippen molar-refractivity contribution in [2.24, 2.45) is 17.3 Å². The van der Waals surface area contributed by atoms with Gasteiger partial charge in [0.05, 0.1) is 11.5 Å². The largest absolute Gasteiger partial charge is 0.383 e. The van der Waals surface area contributed by atoms with Crippen LogP contribution in [0.15, 0.2) is 0 Å². The van der Waals surface area contributed by atoms with Crippen LogP contribution in [0, 0.1) is 28.6 Å². The van der Waals surface area contributed by atoms with E-state index in [1.807, 2.05) is 0 Å². The van der Waals surface area contributed by atoms with Gasteiger partial charge in [0, 0.05) is 14.2 Å². The van der Waals surface area contributed by atoms with Crippen LogP contribution in [0.4, 0.5) is 0 Å². The van der Waals surface area contributed by atoms with Gasteiger partial charge in [0.15, 0.2) is 6.29 Å². The molecule has 0 spiro atoms. The van der Waals surface area contributed by atoms with E-state index in [9.17, 15) is 10.4 Å². The fourth-order valence-electron chi connectivity index (χ4n) is 3.97. The highest BCUT2D eigenvalue weighted by Gasteiger charge is 2.63. The van der Waals surface area contributed by atoms with E-state index in [0.717, 1.165) is 19.3 Å². The van der Waals surface area contributed by atoms with Crippen molar-refractivity contribution in [3.05, 3.63) is 0 Å². The maximum atomic E-state index is 10.8. The Balaban J connectivity index is 2.33. The maximum Gasteiger partial charge on any atom is 0.186 e. The summed E-state index contributed by atoms with van der Waals surface area (Å²) in [5.41, 5.74) is -1.97. The van der Waals surface area contributed by atoms with E-state index >= 15 is 0 Å². The summed E-state index contributed by atoms with van der Waals surface area (Å²) >= 11 is 0. The lowest BCUT2D eigenvalue weighted by Crippen LogP contribution is -2.57. The van der Waals surface area contributed by atoms with Crippen LogP contribution in [0.25, 0.3) is 0 Å². The van der Waals surface area contributed by atoms with Crippen molar-refractivity contribution >= 4 is 0 Å². The summed E-state index contributed by atoms with van der Waals surface area (Å²) in [6.07, 6.45) is 3.30. The van der Waals surface area contributed by atoms with Gasteiger partial charge in [-0.15, -0.1) is 0 Å². The summed E-state index contributed by atoms with van der Waals surface area (Å²) in [5.74, 6) is 0.862. The molecule has 2 fully saturated rings. The Morgan fingerprint density at radius 1 is 1.41 bits per heavy atom. The summed E-state index contributed by atoms with van der Waals surface area (Å²) in [6, 6.07) is 2.39. The van der Waals surface area contributed by atoms with Gasteiger partial charge in [-0.05, 0) is 38.0 Å². The third kappa shape index (κ3) is 1.61. The molecule has 0 heterocycles. The molecule has 4 nitrogen and oxygen atoms in total. The lowest BCUT2D eigenvalue weighted by Gasteiger charge is -2.45. The molecular formula is C13H21NO3. The second-order valence-electron chi connectivity index (χ2n) is 5.61. The zero-order valence-electron chi connectivity index (χ0n) is 10.8. The third-order valence-corrected chi connectivity index (χ3v) is 4.84. The molecule has 0 aromatic rings. The molecule has 0 saturated heterocycles. The Bertz CT molecular complexity index is 332. The predicted octanol–water partition coefficient (Wildman–Crippen LogP) is 1.69. The Morgan fingerprint density at radius 3 is 2.41 bits per heavy atom. The lowest BCUT2D eigenvalue weighted by atomic mass is 9.63. The van der Waals surface area contributed by atoms with Crippen LogP contribution in [0.3, 0.4) is 0 Å². The van der Waals surface area contributed by atoms with E-state index in [0.29, 0.717) is 5.92 Å². The van der Waals surface area contributed by atoms with Crippen LogP contribution in [-0.2, 0) is 9.47 Å². The van der Waals surface area contributed by atoms with E-state index in [4.69, 9.17) is 9.47 Å². The van der Waals surface area contributed by atoms with Crippen molar-refractivity contribution in [2.45, 2.75) is 44.5 Å². The molecule has 2 aliphatic rings. The molecule has 1 N–H and O–H groups in total. The minimum absolute atomic E-state index is 0.278.